The quantitative estimate of drug-likeness (QED) is 0.441. The van der Waals surface area contributed by atoms with Gasteiger partial charge in [0.2, 0.25) is 0 Å². The molecule has 3 heteroatoms. The van der Waals surface area contributed by atoms with Crippen LogP contribution >= 0.6 is 0 Å². The van der Waals surface area contributed by atoms with E-state index in [-0.39, 0.29) is 6.23 Å². The molecule has 1 atom stereocenters. The molecule has 0 aliphatic rings. The van der Waals surface area contributed by atoms with Crippen molar-refractivity contribution in [1.82, 2.24) is 10.2 Å². The molecule has 0 amide bonds. The smallest absolute Gasteiger partial charge is 0.107 e. The lowest BCUT2D eigenvalue weighted by Gasteiger charge is -2.19. The Kier molecular flexibility index (Phi) is 5.58. The van der Waals surface area contributed by atoms with Crippen molar-refractivity contribution in [2.75, 3.05) is 34.3 Å². The molecular formula is C7H18N2O. The molecule has 0 aromatic carbocycles. The van der Waals surface area contributed by atoms with E-state index in [9.17, 15) is 0 Å². The van der Waals surface area contributed by atoms with E-state index >= 15 is 0 Å². The first-order chi connectivity index (χ1) is 4.68. The summed E-state index contributed by atoms with van der Waals surface area (Å²) in [7, 11) is 5.93. The topological polar surface area (TPSA) is 24.5 Å². The Morgan fingerprint density at radius 3 is 2.50 bits per heavy atom. The van der Waals surface area contributed by atoms with Gasteiger partial charge in [0.15, 0.2) is 0 Å². The third-order valence-electron chi connectivity index (χ3n) is 1.44. The van der Waals surface area contributed by atoms with Crippen molar-refractivity contribution in [3.05, 3.63) is 0 Å². The summed E-state index contributed by atoms with van der Waals surface area (Å²) < 4.78 is 5.41. The van der Waals surface area contributed by atoms with Crippen LogP contribution in [0.1, 0.15) is 6.92 Å². The second-order valence-electron chi connectivity index (χ2n) is 2.54. The van der Waals surface area contributed by atoms with Crippen LogP contribution in [0.15, 0.2) is 0 Å². The largest absolute Gasteiger partial charge is 0.362 e. The number of likely N-dealkylation sites (N-methyl/N-ethyl adjacent to an activating group) is 1. The zero-order chi connectivity index (χ0) is 7.98. The summed E-state index contributed by atoms with van der Waals surface area (Å²) in [6, 6.07) is 0. The van der Waals surface area contributed by atoms with E-state index in [1.165, 1.54) is 0 Å². The van der Waals surface area contributed by atoms with Crippen LogP contribution in [0.5, 0.6) is 0 Å². The van der Waals surface area contributed by atoms with Crippen LogP contribution in [0.2, 0.25) is 0 Å². The summed E-state index contributed by atoms with van der Waals surface area (Å²) in [5.41, 5.74) is 0. The van der Waals surface area contributed by atoms with Crippen molar-refractivity contribution >= 4 is 0 Å². The van der Waals surface area contributed by atoms with Gasteiger partial charge in [0, 0.05) is 6.54 Å². The standard InChI is InChI=1S/C7H18N2O/c1-7(9(3)4)10-6-5-8-2/h7-8H,5-6H2,1-4H3. The van der Waals surface area contributed by atoms with Gasteiger partial charge in [0.25, 0.3) is 0 Å². The molecule has 0 aliphatic heterocycles. The number of hydrogen-bond donors (Lipinski definition) is 1. The molecule has 0 rings (SSSR count). The highest BCUT2D eigenvalue weighted by molar-refractivity contribution is 4.45. The summed E-state index contributed by atoms with van der Waals surface area (Å²) in [6.45, 7) is 3.73. The van der Waals surface area contributed by atoms with Gasteiger partial charge in [0.05, 0.1) is 6.61 Å². The monoisotopic (exact) mass is 146 g/mol. The van der Waals surface area contributed by atoms with Crippen molar-refractivity contribution < 1.29 is 4.74 Å². The van der Waals surface area contributed by atoms with Crippen LogP contribution in [-0.2, 0) is 4.74 Å². The predicted molar refractivity (Wildman–Crippen MR) is 43.0 cm³/mol. The number of rotatable bonds is 5. The highest BCUT2D eigenvalue weighted by Crippen LogP contribution is 1.91. The van der Waals surface area contributed by atoms with Crippen molar-refractivity contribution in [3.63, 3.8) is 0 Å². The van der Waals surface area contributed by atoms with Gasteiger partial charge < -0.3 is 10.1 Å². The molecule has 0 aliphatic carbocycles. The lowest BCUT2D eigenvalue weighted by Crippen LogP contribution is -2.29. The Hall–Kier alpha value is -0.120. The third-order valence-corrected chi connectivity index (χ3v) is 1.44. The maximum Gasteiger partial charge on any atom is 0.107 e. The molecule has 1 N–H and O–H groups in total. The summed E-state index contributed by atoms with van der Waals surface area (Å²) in [5, 5.41) is 3.02. The minimum absolute atomic E-state index is 0.216. The minimum atomic E-state index is 0.216. The van der Waals surface area contributed by atoms with E-state index in [2.05, 4.69) is 5.32 Å². The first-order valence-electron chi connectivity index (χ1n) is 3.61. The lowest BCUT2D eigenvalue weighted by atomic mass is 10.6. The van der Waals surface area contributed by atoms with Gasteiger partial charge in [0.1, 0.15) is 6.23 Å². The van der Waals surface area contributed by atoms with Crippen LogP contribution in [0.25, 0.3) is 0 Å². The summed E-state index contributed by atoms with van der Waals surface area (Å²) in [6.07, 6.45) is 0.216. The maximum absolute atomic E-state index is 5.41. The molecule has 1 unspecified atom stereocenters. The fraction of sp³-hybridized carbons (Fsp3) is 1.00. The SMILES string of the molecule is CNCCOC(C)N(C)C. The molecule has 0 bridgehead atoms. The van der Waals surface area contributed by atoms with E-state index in [0.29, 0.717) is 0 Å². The molecular weight excluding hydrogens is 128 g/mol. The molecule has 0 spiro atoms. The van der Waals surface area contributed by atoms with Crippen LogP contribution < -0.4 is 5.32 Å². The van der Waals surface area contributed by atoms with E-state index in [1.54, 1.807) is 0 Å². The highest BCUT2D eigenvalue weighted by atomic mass is 16.5. The Bertz CT molecular complexity index is 76.0. The third kappa shape index (κ3) is 4.73. The van der Waals surface area contributed by atoms with Crippen LogP contribution in [-0.4, -0.2) is 45.4 Å². The molecule has 0 aromatic rings. The van der Waals surface area contributed by atoms with Crippen molar-refractivity contribution in [3.8, 4) is 0 Å². The first kappa shape index (κ1) is 9.88. The summed E-state index contributed by atoms with van der Waals surface area (Å²) in [4.78, 5) is 2.04. The molecule has 10 heavy (non-hydrogen) atoms. The minimum Gasteiger partial charge on any atom is -0.362 e. The summed E-state index contributed by atoms with van der Waals surface area (Å²) in [5.74, 6) is 0. The fourth-order valence-electron chi connectivity index (χ4n) is 0.481. The number of ether oxygens (including phenoxy) is 1. The number of hydrogen-bond acceptors (Lipinski definition) is 3. The van der Waals surface area contributed by atoms with Crippen LogP contribution in [0.4, 0.5) is 0 Å². The normalized spacial score (nSPS) is 14.1. The Morgan fingerprint density at radius 1 is 1.50 bits per heavy atom. The van der Waals surface area contributed by atoms with Crippen molar-refractivity contribution in [2.45, 2.75) is 13.2 Å². The van der Waals surface area contributed by atoms with Gasteiger partial charge in [-0.2, -0.15) is 0 Å². The molecule has 3 nitrogen and oxygen atoms in total. The van der Waals surface area contributed by atoms with Crippen LogP contribution in [0.3, 0.4) is 0 Å². The lowest BCUT2D eigenvalue weighted by molar-refractivity contribution is -0.0204. The highest BCUT2D eigenvalue weighted by Gasteiger charge is 2.01. The van der Waals surface area contributed by atoms with Crippen molar-refractivity contribution in [1.29, 1.82) is 0 Å². The average molecular weight is 146 g/mol. The second kappa shape index (κ2) is 5.65. The number of nitrogens with one attached hydrogen (secondary N) is 1. The number of nitrogens with zero attached hydrogens (tertiary/aromatic N) is 1. The van der Waals surface area contributed by atoms with Gasteiger partial charge in [-0.15, -0.1) is 0 Å². The van der Waals surface area contributed by atoms with E-state index in [4.69, 9.17) is 4.74 Å². The Morgan fingerprint density at radius 2 is 2.10 bits per heavy atom. The van der Waals surface area contributed by atoms with E-state index < -0.39 is 0 Å². The van der Waals surface area contributed by atoms with Gasteiger partial charge in [-0.05, 0) is 28.1 Å². The average Bonchev–Trinajstić information content (AvgIpc) is 1.88. The Balaban J connectivity index is 3.13. The van der Waals surface area contributed by atoms with Crippen LogP contribution in [0, 0.1) is 0 Å². The molecule has 62 valence electrons. The fourth-order valence-corrected chi connectivity index (χ4v) is 0.481. The molecule has 0 fully saturated rings. The zero-order valence-electron chi connectivity index (χ0n) is 7.35. The molecule has 0 saturated heterocycles. The zero-order valence-corrected chi connectivity index (χ0v) is 7.35. The molecule has 0 radical (unpaired) electrons. The molecule has 0 saturated carbocycles. The van der Waals surface area contributed by atoms with Gasteiger partial charge in [-0.25, -0.2) is 0 Å². The van der Waals surface area contributed by atoms with E-state index in [0.717, 1.165) is 13.2 Å². The summed E-state index contributed by atoms with van der Waals surface area (Å²) >= 11 is 0. The van der Waals surface area contributed by atoms with E-state index in [1.807, 2.05) is 33.0 Å². The first-order valence-corrected chi connectivity index (χ1v) is 3.61. The Labute approximate surface area is 63.4 Å². The van der Waals surface area contributed by atoms with Gasteiger partial charge in [-0.3, -0.25) is 4.90 Å². The molecule has 0 aromatic heterocycles. The van der Waals surface area contributed by atoms with Crippen molar-refractivity contribution in [2.24, 2.45) is 0 Å². The predicted octanol–water partition coefficient (Wildman–Crippen LogP) is 0.130. The second-order valence-corrected chi connectivity index (χ2v) is 2.54. The van der Waals surface area contributed by atoms with Gasteiger partial charge in [-0.1, -0.05) is 0 Å². The maximum atomic E-state index is 5.41. The van der Waals surface area contributed by atoms with Gasteiger partial charge >= 0.3 is 0 Å². The molecule has 0 heterocycles.